The number of rotatable bonds is 8. The molecule has 1 fully saturated rings. The summed E-state index contributed by atoms with van der Waals surface area (Å²) in [5.74, 6) is 0.259. The highest BCUT2D eigenvalue weighted by molar-refractivity contribution is 6.12. The number of nitriles is 1. The highest BCUT2D eigenvalue weighted by atomic mass is 16.5. The first kappa shape index (κ1) is 25.2. The SMILES string of the molecule is CC(C(=N)c1cc(C(=O)N2CC(c3ccc(C#N)cc3)C2)c(C)cc1C)=C(N)CCOC(C)C. The molecule has 0 aromatic heterocycles. The minimum Gasteiger partial charge on any atom is -0.402 e. The molecule has 1 aliphatic heterocycles. The largest absolute Gasteiger partial charge is 0.402 e. The van der Waals surface area contributed by atoms with Crippen molar-refractivity contribution in [1.82, 2.24) is 4.90 Å². The van der Waals surface area contributed by atoms with Crippen LogP contribution in [-0.2, 0) is 4.74 Å². The third-order valence-corrected chi connectivity index (χ3v) is 6.43. The van der Waals surface area contributed by atoms with Gasteiger partial charge in [0.1, 0.15) is 0 Å². The van der Waals surface area contributed by atoms with Crippen LogP contribution in [0.3, 0.4) is 0 Å². The molecule has 6 heteroatoms. The third kappa shape index (κ3) is 5.55. The van der Waals surface area contributed by atoms with Crippen LogP contribution in [-0.4, -0.2) is 42.3 Å². The van der Waals surface area contributed by atoms with Gasteiger partial charge in [-0.15, -0.1) is 0 Å². The second kappa shape index (κ2) is 10.7. The van der Waals surface area contributed by atoms with E-state index >= 15 is 0 Å². The second-order valence-electron chi connectivity index (χ2n) is 9.32. The van der Waals surface area contributed by atoms with Gasteiger partial charge in [-0.25, -0.2) is 0 Å². The minimum atomic E-state index is -0.0172. The lowest BCUT2D eigenvalue weighted by Gasteiger charge is -2.40. The Labute approximate surface area is 202 Å². The summed E-state index contributed by atoms with van der Waals surface area (Å²) in [5, 5.41) is 17.7. The van der Waals surface area contributed by atoms with Crippen molar-refractivity contribution in [2.24, 2.45) is 5.73 Å². The lowest BCUT2D eigenvalue weighted by Crippen LogP contribution is -2.48. The second-order valence-corrected chi connectivity index (χ2v) is 9.32. The van der Waals surface area contributed by atoms with Crippen LogP contribution in [0.25, 0.3) is 0 Å². The van der Waals surface area contributed by atoms with Crippen molar-refractivity contribution < 1.29 is 9.53 Å². The number of nitrogens with one attached hydrogen (secondary N) is 1. The zero-order chi connectivity index (χ0) is 25.0. The molecule has 0 bridgehead atoms. The molecule has 2 aromatic rings. The Morgan fingerprint density at radius 2 is 1.79 bits per heavy atom. The molecule has 3 N–H and O–H groups in total. The number of ether oxygens (including phenoxy) is 1. The van der Waals surface area contributed by atoms with E-state index in [0.29, 0.717) is 54.2 Å². The van der Waals surface area contributed by atoms with E-state index in [1.165, 1.54) is 0 Å². The topological polar surface area (TPSA) is 103 Å². The highest BCUT2D eigenvalue weighted by Crippen LogP contribution is 2.30. The van der Waals surface area contributed by atoms with Crippen molar-refractivity contribution in [2.45, 2.75) is 53.1 Å². The Hall–Kier alpha value is -3.43. The van der Waals surface area contributed by atoms with Crippen LogP contribution in [0.2, 0.25) is 0 Å². The van der Waals surface area contributed by atoms with E-state index < -0.39 is 0 Å². The molecule has 1 amide bonds. The van der Waals surface area contributed by atoms with Crippen LogP contribution in [0.1, 0.15) is 71.3 Å². The van der Waals surface area contributed by atoms with Gasteiger partial charge >= 0.3 is 0 Å². The van der Waals surface area contributed by atoms with Gasteiger partial charge in [0, 0.05) is 42.3 Å². The predicted molar refractivity (Wildman–Crippen MR) is 135 cm³/mol. The van der Waals surface area contributed by atoms with E-state index in [1.54, 1.807) is 0 Å². The van der Waals surface area contributed by atoms with Gasteiger partial charge < -0.3 is 15.4 Å². The fourth-order valence-electron chi connectivity index (χ4n) is 4.16. The number of amides is 1. The average Bonchev–Trinajstić information content (AvgIpc) is 2.77. The quantitative estimate of drug-likeness (QED) is 0.553. The van der Waals surface area contributed by atoms with E-state index in [9.17, 15) is 4.79 Å². The summed E-state index contributed by atoms with van der Waals surface area (Å²) in [5.41, 5.74) is 12.9. The number of allylic oxidation sites excluding steroid dienone is 1. The van der Waals surface area contributed by atoms with E-state index in [1.807, 2.05) is 75.9 Å². The van der Waals surface area contributed by atoms with Crippen LogP contribution >= 0.6 is 0 Å². The molecule has 6 nitrogen and oxygen atoms in total. The molecular weight excluding hydrogens is 424 g/mol. The highest BCUT2D eigenvalue weighted by Gasteiger charge is 2.33. The van der Waals surface area contributed by atoms with Gasteiger partial charge in [-0.05, 0) is 75.1 Å². The number of hydrogen-bond acceptors (Lipinski definition) is 5. The number of hydrogen-bond donors (Lipinski definition) is 2. The Morgan fingerprint density at radius 1 is 1.18 bits per heavy atom. The molecule has 3 rings (SSSR count). The number of carbonyl (C=O) groups is 1. The average molecular weight is 459 g/mol. The molecule has 0 aliphatic carbocycles. The summed E-state index contributed by atoms with van der Waals surface area (Å²) >= 11 is 0. The van der Waals surface area contributed by atoms with Crippen molar-refractivity contribution in [3.05, 3.63) is 81.0 Å². The van der Waals surface area contributed by atoms with Gasteiger partial charge in [-0.1, -0.05) is 18.2 Å². The minimum absolute atomic E-state index is 0.0172. The first-order chi connectivity index (χ1) is 16.1. The molecule has 0 spiro atoms. The van der Waals surface area contributed by atoms with E-state index in [4.69, 9.17) is 21.1 Å². The maximum Gasteiger partial charge on any atom is 0.254 e. The molecule has 0 atom stereocenters. The molecule has 0 unspecified atom stereocenters. The lowest BCUT2D eigenvalue weighted by molar-refractivity contribution is 0.0601. The monoisotopic (exact) mass is 458 g/mol. The third-order valence-electron chi connectivity index (χ3n) is 6.43. The van der Waals surface area contributed by atoms with Gasteiger partial charge in [0.15, 0.2) is 0 Å². The molecule has 0 radical (unpaired) electrons. The number of likely N-dealkylation sites (tertiary alicyclic amines) is 1. The van der Waals surface area contributed by atoms with Crippen molar-refractivity contribution in [1.29, 1.82) is 10.7 Å². The number of aryl methyl sites for hydroxylation is 2. The van der Waals surface area contributed by atoms with E-state index in [2.05, 4.69) is 6.07 Å². The molecule has 178 valence electrons. The first-order valence-electron chi connectivity index (χ1n) is 11.7. The normalized spacial score (nSPS) is 14.4. The first-order valence-corrected chi connectivity index (χ1v) is 11.7. The Balaban J connectivity index is 1.74. The van der Waals surface area contributed by atoms with Gasteiger partial charge in [-0.3, -0.25) is 10.2 Å². The Bertz CT molecular complexity index is 1150. The molecule has 1 saturated heterocycles. The summed E-state index contributed by atoms with van der Waals surface area (Å²) in [7, 11) is 0. The van der Waals surface area contributed by atoms with Crippen LogP contribution in [0.5, 0.6) is 0 Å². The summed E-state index contributed by atoms with van der Waals surface area (Å²) < 4.78 is 5.59. The van der Waals surface area contributed by atoms with Gasteiger partial charge in [-0.2, -0.15) is 5.26 Å². The number of carbonyl (C=O) groups excluding carboxylic acids is 1. The summed E-state index contributed by atoms with van der Waals surface area (Å²) in [6.45, 7) is 11.5. The van der Waals surface area contributed by atoms with Crippen molar-refractivity contribution >= 4 is 11.6 Å². The predicted octanol–water partition coefficient (Wildman–Crippen LogP) is 4.83. The standard InChI is InChI=1S/C28H34N4O2/c1-17(2)34-11-10-26(30)20(5)27(31)24-13-25(19(4)12-18(24)3)28(33)32-15-23(16-32)22-8-6-21(14-29)7-9-22/h6-9,12-13,17,23,31H,10-11,15-16,30H2,1-5H3. The summed E-state index contributed by atoms with van der Waals surface area (Å²) in [6, 6.07) is 13.5. The van der Waals surface area contributed by atoms with Crippen molar-refractivity contribution in [3.8, 4) is 6.07 Å². The number of benzene rings is 2. The maximum atomic E-state index is 13.3. The van der Waals surface area contributed by atoms with Crippen LogP contribution < -0.4 is 5.73 Å². The van der Waals surface area contributed by atoms with Gasteiger partial charge in [0.25, 0.3) is 5.91 Å². The molecule has 1 aliphatic rings. The van der Waals surface area contributed by atoms with Crippen LogP contribution in [0, 0.1) is 30.6 Å². The smallest absolute Gasteiger partial charge is 0.254 e. The maximum absolute atomic E-state index is 13.3. The van der Waals surface area contributed by atoms with Crippen molar-refractivity contribution in [3.63, 3.8) is 0 Å². The van der Waals surface area contributed by atoms with E-state index in [-0.39, 0.29) is 17.9 Å². The summed E-state index contributed by atoms with van der Waals surface area (Å²) in [4.78, 5) is 15.1. The van der Waals surface area contributed by atoms with Crippen LogP contribution in [0.15, 0.2) is 47.7 Å². The summed E-state index contributed by atoms with van der Waals surface area (Å²) in [6.07, 6.45) is 0.701. The fraction of sp³-hybridized carbons (Fsp3) is 0.393. The Kier molecular flexibility index (Phi) is 7.90. The zero-order valence-corrected chi connectivity index (χ0v) is 20.7. The van der Waals surface area contributed by atoms with Gasteiger partial charge in [0.2, 0.25) is 0 Å². The number of nitrogens with two attached hydrogens (primary N) is 1. The number of nitrogens with zero attached hydrogens (tertiary/aromatic N) is 2. The molecule has 1 heterocycles. The molecular formula is C28H34N4O2. The molecule has 0 saturated carbocycles. The van der Waals surface area contributed by atoms with Gasteiger partial charge in [0.05, 0.1) is 30.1 Å². The van der Waals surface area contributed by atoms with E-state index in [0.717, 1.165) is 22.3 Å². The van der Waals surface area contributed by atoms with Crippen molar-refractivity contribution in [2.75, 3.05) is 19.7 Å². The molecule has 34 heavy (non-hydrogen) atoms. The fourth-order valence-corrected chi connectivity index (χ4v) is 4.16. The Morgan fingerprint density at radius 3 is 2.38 bits per heavy atom. The zero-order valence-electron chi connectivity index (χ0n) is 20.7. The van der Waals surface area contributed by atoms with Crippen LogP contribution in [0.4, 0.5) is 0 Å². The molecule has 2 aromatic carbocycles. The lowest BCUT2D eigenvalue weighted by atomic mass is 9.88.